The Labute approximate surface area is 138 Å². The smallest absolute Gasteiger partial charge is 0.338 e. The molecule has 0 amide bonds. The number of carbonyl (C=O) groups excluding carboxylic acids is 2. The summed E-state index contributed by atoms with van der Waals surface area (Å²) < 4.78 is 9.54. The van der Waals surface area contributed by atoms with Gasteiger partial charge in [0.25, 0.3) is 5.69 Å². The fourth-order valence-electron chi connectivity index (χ4n) is 2.48. The second-order valence-electron chi connectivity index (χ2n) is 4.85. The molecule has 2 rings (SSSR count). The van der Waals surface area contributed by atoms with Gasteiger partial charge in [-0.1, -0.05) is 36.4 Å². The Hall–Kier alpha value is -3.22. The molecule has 0 aliphatic rings. The molecule has 0 heterocycles. The Bertz CT molecular complexity index is 786. The predicted octanol–water partition coefficient (Wildman–Crippen LogP) is 2.69. The number of hydrogen-bond acceptors (Lipinski definition) is 6. The van der Waals surface area contributed by atoms with Crippen molar-refractivity contribution < 1.29 is 24.0 Å². The van der Waals surface area contributed by atoms with E-state index in [9.17, 15) is 19.7 Å². The summed E-state index contributed by atoms with van der Waals surface area (Å²) in [4.78, 5) is 35.1. The van der Waals surface area contributed by atoms with Gasteiger partial charge in [0, 0.05) is 11.6 Å². The average molecular weight is 329 g/mol. The van der Waals surface area contributed by atoms with Crippen LogP contribution in [0.1, 0.15) is 27.4 Å². The minimum Gasteiger partial charge on any atom is -0.468 e. The quantitative estimate of drug-likeness (QED) is 0.475. The van der Waals surface area contributed by atoms with Gasteiger partial charge in [-0.05, 0) is 11.6 Å². The van der Waals surface area contributed by atoms with Gasteiger partial charge in [-0.3, -0.25) is 14.9 Å². The largest absolute Gasteiger partial charge is 0.468 e. The zero-order valence-electron chi connectivity index (χ0n) is 13.1. The lowest BCUT2D eigenvalue weighted by molar-refractivity contribution is -0.385. The highest BCUT2D eigenvalue weighted by atomic mass is 16.6. The Kier molecular flexibility index (Phi) is 5.26. The highest BCUT2D eigenvalue weighted by molar-refractivity contribution is 5.95. The number of esters is 2. The Balaban J connectivity index is 2.72. The number of ether oxygens (including phenoxy) is 2. The van der Waals surface area contributed by atoms with Gasteiger partial charge in [0.1, 0.15) is 5.92 Å². The maximum absolute atomic E-state index is 12.4. The van der Waals surface area contributed by atoms with Crippen molar-refractivity contribution >= 4 is 17.6 Å². The maximum atomic E-state index is 12.4. The van der Waals surface area contributed by atoms with E-state index in [0.717, 1.165) is 0 Å². The monoisotopic (exact) mass is 329 g/mol. The van der Waals surface area contributed by atoms with Crippen molar-refractivity contribution in [2.75, 3.05) is 14.2 Å². The van der Waals surface area contributed by atoms with Crippen molar-refractivity contribution in [2.45, 2.75) is 5.92 Å². The summed E-state index contributed by atoms with van der Waals surface area (Å²) in [5, 5.41) is 11.3. The number of nitro groups is 1. The van der Waals surface area contributed by atoms with Gasteiger partial charge in [0.2, 0.25) is 0 Å². The van der Waals surface area contributed by atoms with Gasteiger partial charge < -0.3 is 9.47 Å². The number of nitro benzene ring substituents is 1. The number of para-hydroxylation sites is 1. The van der Waals surface area contributed by atoms with E-state index in [4.69, 9.17) is 9.47 Å². The summed E-state index contributed by atoms with van der Waals surface area (Å²) in [5.74, 6) is -2.47. The molecular weight excluding hydrogens is 314 g/mol. The molecule has 2 aromatic carbocycles. The summed E-state index contributed by atoms with van der Waals surface area (Å²) in [7, 11) is 2.40. The SMILES string of the molecule is COC(=O)c1ccccc1C(C(=O)OC)c1ccccc1[N+](=O)[O-]. The third-order valence-electron chi connectivity index (χ3n) is 3.56. The van der Waals surface area contributed by atoms with Crippen molar-refractivity contribution in [3.63, 3.8) is 0 Å². The van der Waals surface area contributed by atoms with Crippen molar-refractivity contribution in [3.05, 3.63) is 75.3 Å². The Morgan fingerprint density at radius 2 is 1.54 bits per heavy atom. The van der Waals surface area contributed by atoms with Crippen LogP contribution in [0.2, 0.25) is 0 Å². The first-order chi connectivity index (χ1) is 11.5. The normalized spacial score (nSPS) is 11.4. The minimum atomic E-state index is -1.12. The molecule has 1 unspecified atom stereocenters. The van der Waals surface area contributed by atoms with E-state index < -0.39 is 22.8 Å². The van der Waals surface area contributed by atoms with Crippen LogP contribution in [0.25, 0.3) is 0 Å². The summed E-state index contributed by atoms with van der Waals surface area (Å²) in [5.41, 5.74) is 0.345. The van der Waals surface area contributed by atoms with E-state index in [1.165, 1.54) is 38.5 Å². The lowest BCUT2D eigenvalue weighted by Gasteiger charge is -2.18. The first kappa shape index (κ1) is 17.1. The minimum absolute atomic E-state index is 0.144. The number of carbonyl (C=O) groups is 2. The molecule has 0 fully saturated rings. The topological polar surface area (TPSA) is 95.7 Å². The van der Waals surface area contributed by atoms with E-state index in [1.807, 2.05) is 0 Å². The fraction of sp³-hybridized carbons (Fsp3) is 0.176. The number of hydrogen-bond donors (Lipinski definition) is 0. The van der Waals surface area contributed by atoms with Crippen LogP contribution >= 0.6 is 0 Å². The van der Waals surface area contributed by atoms with Gasteiger partial charge in [-0.2, -0.15) is 0 Å². The van der Waals surface area contributed by atoms with E-state index in [2.05, 4.69) is 0 Å². The van der Waals surface area contributed by atoms with Gasteiger partial charge in [-0.25, -0.2) is 4.79 Å². The van der Waals surface area contributed by atoms with E-state index >= 15 is 0 Å². The van der Waals surface area contributed by atoms with Crippen molar-refractivity contribution in [1.82, 2.24) is 0 Å². The molecule has 1 atom stereocenters. The molecule has 124 valence electrons. The fourth-order valence-corrected chi connectivity index (χ4v) is 2.48. The van der Waals surface area contributed by atoms with E-state index in [-0.39, 0.29) is 22.4 Å². The molecule has 0 saturated heterocycles. The lowest BCUT2D eigenvalue weighted by Crippen LogP contribution is -2.20. The third-order valence-corrected chi connectivity index (χ3v) is 3.56. The summed E-state index contributed by atoms with van der Waals surface area (Å²) in [6, 6.07) is 12.1. The highest BCUT2D eigenvalue weighted by Gasteiger charge is 2.33. The van der Waals surface area contributed by atoms with Gasteiger partial charge in [0.05, 0.1) is 24.7 Å². The van der Waals surface area contributed by atoms with Crippen LogP contribution in [-0.4, -0.2) is 31.1 Å². The number of benzene rings is 2. The molecule has 0 aliphatic carbocycles. The molecule has 0 aliphatic heterocycles. The average Bonchev–Trinajstić information content (AvgIpc) is 2.61. The molecule has 0 radical (unpaired) electrons. The first-order valence-corrected chi connectivity index (χ1v) is 6.99. The maximum Gasteiger partial charge on any atom is 0.338 e. The van der Waals surface area contributed by atoms with Crippen LogP contribution in [0, 0.1) is 10.1 Å². The number of nitrogens with zero attached hydrogens (tertiary/aromatic N) is 1. The summed E-state index contributed by atoms with van der Waals surface area (Å²) in [6.07, 6.45) is 0. The second kappa shape index (κ2) is 7.36. The van der Waals surface area contributed by atoms with Crippen LogP contribution in [0.5, 0.6) is 0 Å². The Morgan fingerprint density at radius 3 is 2.12 bits per heavy atom. The molecule has 7 nitrogen and oxygen atoms in total. The molecule has 2 aromatic rings. The summed E-state index contributed by atoms with van der Waals surface area (Å²) >= 11 is 0. The number of methoxy groups -OCH3 is 2. The zero-order chi connectivity index (χ0) is 17.7. The van der Waals surface area contributed by atoms with Gasteiger partial charge in [0.15, 0.2) is 0 Å². The third kappa shape index (κ3) is 3.24. The van der Waals surface area contributed by atoms with Crippen LogP contribution < -0.4 is 0 Å². The molecule has 0 aromatic heterocycles. The van der Waals surface area contributed by atoms with Crippen LogP contribution in [0.15, 0.2) is 48.5 Å². The van der Waals surface area contributed by atoms with Crippen LogP contribution in [-0.2, 0) is 14.3 Å². The van der Waals surface area contributed by atoms with Crippen molar-refractivity contribution in [1.29, 1.82) is 0 Å². The van der Waals surface area contributed by atoms with Crippen molar-refractivity contribution in [3.8, 4) is 0 Å². The molecule has 0 saturated carbocycles. The second-order valence-corrected chi connectivity index (χ2v) is 4.85. The Morgan fingerprint density at radius 1 is 0.958 bits per heavy atom. The molecule has 7 heteroatoms. The first-order valence-electron chi connectivity index (χ1n) is 6.99. The van der Waals surface area contributed by atoms with E-state index in [1.54, 1.807) is 24.3 Å². The van der Waals surface area contributed by atoms with E-state index in [0.29, 0.717) is 0 Å². The van der Waals surface area contributed by atoms with Crippen LogP contribution in [0.4, 0.5) is 5.69 Å². The molecular formula is C17H15NO6. The van der Waals surface area contributed by atoms with Gasteiger partial charge in [-0.15, -0.1) is 0 Å². The standard InChI is InChI=1S/C17H15NO6/c1-23-16(19)12-8-4-3-7-11(12)15(17(20)24-2)13-9-5-6-10-14(13)18(21)22/h3-10,15H,1-2H3. The number of rotatable bonds is 5. The molecule has 0 spiro atoms. The molecule has 0 bridgehead atoms. The summed E-state index contributed by atoms with van der Waals surface area (Å²) in [6.45, 7) is 0. The lowest BCUT2D eigenvalue weighted by atomic mass is 9.87. The highest BCUT2D eigenvalue weighted by Crippen LogP contribution is 2.34. The predicted molar refractivity (Wildman–Crippen MR) is 84.7 cm³/mol. The zero-order valence-corrected chi connectivity index (χ0v) is 13.1. The van der Waals surface area contributed by atoms with Crippen LogP contribution in [0.3, 0.4) is 0 Å². The van der Waals surface area contributed by atoms with Gasteiger partial charge >= 0.3 is 11.9 Å². The molecule has 0 N–H and O–H groups in total. The molecule has 24 heavy (non-hydrogen) atoms. The van der Waals surface area contributed by atoms with Crippen molar-refractivity contribution in [2.24, 2.45) is 0 Å².